The molecule has 2 aliphatic rings. The van der Waals surface area contributed by atoms with E-state index in [1.165, 1.54) is 30.4 Å². The number of para-hydroxylation sites is 1. The van der Waals surface area contributed by atoms with Crippen LogP contribution in [-0.2, 0) is 0 Å². The van der Waals surface area contributed by atoms with Crippen molar-refractivity contribution in [3.8, 4) is 5.75 Å². The van der Waals surface area contributed by atoms with E-state index in [-0.39, 0.29) is 11.3 Å². The van der Waals surface area contributed by atoms with Crippen molar-refractivity contribution in [1.82, 2.24) is 0 Å². The highest BCUT2D eigenvalue weighted by Crippen LogP contribution is 2.51. The van der Waals surface area contributed by atoms with E-state index < -0.39 is 5.97 Å². The molecule has 2 fully saturated rings. The van der Waals surface area contributed by atoms with Gasteiger partial charge in [0.15, 0.2) is 0 Å². The Hall–Kier alpha value is -1.51. The lowest BCUT2D eigenvalue weighted by Crippen LogP contribution is -1.95. The Kier molecular flexibility index (Phi) is 3.13. The van der Waals surface area contributed by atoms with Crippen molar-refractivity contribution in [2.45, 2.75) is 25.7 Å². The molecule has 0 aromatic heterocycles. The number of carbonyl (C=O) groups is 1. The topological polar surface area (TPSA) is 57.5 Å². The Morgan fingerprint density at radius 1 is 1.19 bits per heavy atom. The summed E-state index contributed by atoms with van der Waals surface area (Å²) in [6.45, 7) is 0. The fourth-order valence-corrected chi connectivity index (χ4v) is 2.31. The molecule has 16 heavy (non-hydrogen) atoms. The van der Waals surface area contributed by atoms with Gasteiger partial charge in [-0.2, -0.15) is 0 Å². The molecule has 1 aromatic carbocycles. The Bertz CT molecular complexity index is 379. The predicted octanol–water partition coefficient (Wildman–Crippen LogP) is 2.90. The first-order chi connectivity index (χ1) is 7.68. The first-order valence-electron chi connectivity index (χ1n) is 5.70. The quantitative estimate of drug-likeness (QED) is 0.765. The number of hydrogen-bond acceptors (Lipinski definition) is 2. The maximum absolute atomic E-state index is 10.3. The van der Waals surface area contributed by atoms with Crippen LogP contribution in [0.5, 0.6) is 5.75 Å². The van der Waals surface area contributed by atoms with Gasteiger partial charge in [0, 0.05) is 0 Å². The molecular formula is C13H16O3. The second-order valence-corrected chi connectivity index (χ2v) is 4.51. The number of benzene rings is 1. The van der Waals surface area contributed by atoms with Crippen molar-refractivity contribution in [3.63, 3.8) is 0 Å². The van der Waals surface area contributed by atoms with Gasteiger partial charge in [0.1, 0.15) is 11.3 Å². The third-order valence-electron chi connectivity index (χ3n) is 3.35. The Balaban J connectivity index is 0.000000134. The van der Waals surface area contributed by atoms with Crippen molar-refractivity contribution >= 4 is 5.97 Å². The molecule has 0 aliphatic heterocycles. The molecule has 2 saturated carbocycles. The molecule has 0 saturated heterocycles. The zero-order valence-corrected chi connectivity index (χ0v) is 9.10. The summed E-state index contributed by atoms with van der Waals surface area (Å²) >= 11 is 0. The van der Waals surface area contributed by atoms with Gasteiger partial charge in [-0.05, 0) is 30.4 Å². The molecule has 2 aliphatic carbocycles. The summed E-state index contributed by atoms with van der Waals surface area (Å²) in [4.78, 5) is 10.3. The molecule has 2 unspecified atom stereocenters. The Morgan fingerprint density at radius 2 is 1.81 bits per heavy atom. The number of carboxylic acid groups (broad SMARTS) is 1. The zero-order valence-electron chi connectivity index (χ0n) is 9.10. The summed E-state index contributed by atoms with van der Waals surface area (Å²) in [5.74, 6) is 1.11. The van der Waals surface area contributed by atoms with Gasteiger partial charge in [0.05, 0.1) is 0 Å². The van der Waals surface area contributed by atoms with Gasteiger partial charge in [-0.1, -0.05) is 31.4 Å². The SMILES string of the molecule is C1CC2CC2C1.O=C(O)c1ccccc1O. The Morgan fingerprint density at radius 3 is 2.12 bits per heavy atom. The third kappa shape index (κ3) is 2.54. The molecule has 2 atom stereocenters. The fraction of sp³-hybridized carbons (Fsp3) is 0.462. The van der Waals surface area contributed by atoms with E-state index in [1.807, 2.05) is 0 Å². The zero-order chi connectivity index (χ0) is 11.5. The van der Waals surface area contributed by atoms with Crippen LogP contribution in [0.1, 0.15) is 36.0 Å². The van der Waals surface area contributed by atoms with Crippen molar-refractivity contribution < 1.29 is 15.0 Å². The minimum Gasteiger partial charge on any atom is -0.507 e. The number of fused-ring (bicyclic) bond motifs is 1. The predicted molar refractivity (Wildman–Crippen MR) is 60.5 cm³/mol. The third-order valence-corrected chi connectivity index (χ3v) is 3.35. The van der Waals surface area contributed by atoms with Crippen LogP contribution >= 0.6 is 0 Å². The van der Waals surface area contributed by atoms with E-state index >= 15 is 0 Å². The number of phenols is 1. The van der Waals surface area contributed by atoms with Crippen LogP contribution in [0.4, 0.5) is 0 Å². The van der Waals surface area contributed by atoms with Crippen LogP contribution in [-0.4, -0.2) is 16.2 Å². The van der Waals surface area contributed by atoms with Crippen molar-refractivity contribution in [2.24, 2.45) is 11.8 Å². The molecule has 3 nitrogen and oxygen atoms in total. The van der Waals surface area contributed by atoms with Crippen LogP contribution < -0.4 is 0 Å². The molecule has 2 N–H and O–H groups in total. The molecule has 3 heteroatoms. The second-order valence-electron chi connectivity index (χ2n) is 4.51. The maximum Gasteiger partial charge on any atom is 0.339 e. The van der Waals surface area contributed by atoms with Gasteiger partial charge in [0.2, 0.25) is 0 Å². The number of carboxylic acids is 1. The maximum atomic E-state index is 10.3. The van der Waals surface area contributed by atoms with E-state index in [0.29, 0.717) is 0 Å². The second kappa shape index (κ2) is 4.56. The molecule has 1 aromatic rings. The average molecular weight is 220 g/mol. The highest BCUT2D eigenvalue weighted by atomic mass is 16.4. The van der Waals surface area contributed by atoms with Gasteiger partial charge in [-0.15, -0.1) is 0 Å². The molecule has 0 bridgehead atoms. The average Bonchev–Trinajstić information content (AvgIpc) is 2.87. The largest absolute Gasteiger partial charge is 0.507 e. The van der Waals surface area contributed by atoms with E-state index in [9.17, 15) is 4.79 Å². The summed E-state index contributed by atoms with van der Waals surface area (Å²) in [6.07, 6.45) is 6.24. The van der Waals surface area contributed by atoms with E-state index in [0.717, 1.165) is 0 Å². The van der Waals surface area contributed by atoms with Gasteiger partial charge in [-0.3, -0.25) is 0 Å². The molecule has 86 valence electrons. The van der Waals surface area contributed by atoms with Gasteiger partial charge in [-0.25, -0.2) is 4.79 Å². The van der Waals surface area contributed by atoms with Gasteiger partial charge < -0.3 is 10.2 Å². The lowest BCUT2D eigenvalue weighted by molar-refractivity contribution is 0.0694. The van der Waals surface area contributed by atoms with Crippen molar-refractivity contribution in [3.05, 3.63) is 29.8 Å². The molecule has 0 heterocycles. The van der Waals surface area contributed by atoms with Crippen LogP contribution in [0.2, 0.25) is 0 Å². The number of aromatic hydroxyl groups is 1. The standard InChI is InChI=1S/C7H6O3.C6H10/c8-6-4-2-1-3-5(6)7(9)10;1-2-5-4-6(5)3-1/h1-4,8H,(H,9,10);5-6H,1-4H2. The molecular weight excluding hydrogens is 204 g/mol. The fourth-order valence-electron chi connectivity index (χ4n) is 2.31. The lowest BCUT2D eigenvalue weighted by Gasteiger charge is -1.95. The van der Waals surface area contributed by atoms with Gasteiger partial charge >= 0.3 is 5.97 Å². The summed E-state index contributed by atoms with van der Waals surface area (Å²) in [6, 6.07) is 5.81. The van der Waals surface area contributed by atoms with Crippen molar-refractivity contribution in [1.29, 1.82) is 0 Å². The highest BCUT2D eigenvalue weighted by Gasteiger charge is 2.40. The number of hydrogen-bond donors (Lipinski definition) is 2. The highest BCUT2D eigenvalue weighted by molar-refractivity contribution is 5.90. The number of rotatable bonds is 1. The smallest absolute Gasteiger partial charge is 0.339 e. The summed E-state index contributed by atoms with van der Waals surface area (Å²) < 4.78 is 0. The van der Waals surface area contributed by atoms with Crippen LogP contribution in [0.25, 0.3) is 0 Å². The van der Waals surface area contributed by atoms with E-state index in [2.05, 4.69) is 0 Å². The molecule has 0 radical (unpaired) electrons. The first-order valence-corrected chi connectivity index (χ1v) is 5.70. The van der Waals surface area contributed by atoms with Crippen LogP contribution in [0.15, 0.2) is 24.3 Å². The monoisotopic (exact) mass is 220 g/mol. The Labute approximate surface area is 94.7 Å². The lowest BCUT2D eigenvalue weighted by atomic mass is 10.2. The van der Waals surface area contributed by atoms with E-state index in [1.54, 1.807) is 31.4 Å². The molecule has 0 amide bonds. The minimum absolute atomic E-state index is 0.0671. The minimum atomic E-state index is -1.11. The summed E-state index contributed by atoms with van der Waals surface area (Å²) in [5, 5.41) is 17.3. The van der Waals surface area contributed by atoms with Gasteiger partial charge in [0.25, 0.3) is 0 Å². The summed E-state index contributed by atoms with van der Waals surface area (Å²) in [7, 11) is 0. The number of aromatic carboxylic acids is 1. The first kappa shape index (κ1) is 11.0. The van der Waals surface area contributed by atoms with E-state index in [4.69, 9.17) is 10.2 Å². The van der Waals surface area contributed by atoms with Crippen LogP contribution in [0.3, 0.4) is 0 Å². The summed E-state index contributed by atoms with van der Waals surface area (Å²) in [5.41, 5.74) is -0.0671. The molecule has 0 spiro atoms. The normalized spacial score (nSPS) is 25.2. The van der Waals surface area contributed by atoms with Crippen LogP contribution in [0, 0.1) is 11.8 Å². The van der Waals surface area contributed by atoms with Crippen molar-refractivity contribution in [2.75, 3.05) is 0 Å². The molecule has 3 rings (SSSR count).